The average Bonchev–Trinajstić information content (AvgIpc) is 2.86. The number of rotatable bonds is 1. The van der Waals surface area contributed by atoms with Gasteiger partial charge in [-0.15, -0.1) is 0 Å². The summed E-state index contributed by atoms with van der Waals surface area (Å²) < 4.78 is 0. The number of Topliss-reactive ketones (excluding diaryl/α,β-unsaturated/α-hetero) is 1. The Bertz CT molecular complexity index is 617. The van der Waals surface area contributed by atoms with Gasteiger partial charge in [-0.1, -0.05) is 26.3 Å². The molecule has 4 rings (SSSR count). The third kappa shape index (κ3) is 2.07. The van der Waals surface area contributed by atoms with Gasteiger partial charge in [0.15, 0.2) is 5.78 Å². The van der Waals surface area contributed by atoms with Gasteiger partial charge in [0.05, 0.1) is 0 Å². The molecule has 24 heavy (non-hydrogen) atoms. The summed E-state index contributed by atoms with van der Waals surface area (Å²) in [4.78, 5) is 24.2. The highest BCUT2D eigenvalue weighted by Gasteiger charge is 2.61. The molecule has 3 fully saturated rings. The van der Waals surface area contributed by atoms with Crippen LogP contribution >= 0.6 is 0 Å². The number of fused-ring (bicyclic) bond motifs is 5. The zero-order valence-electron chi connectivity index (χ0n) is 15.7. The second-order valence-corrected chi connectivity index (χ2v) is 9.81. The summed E-state index contributed by atoms with van der Waals surface area (Å²) in [5.74, 6) is 3.84. The van der Waals surface area contributed by atoms with Gasteiger partial charge in [0, 0.05) is 12.3 Å². The summed E-state index contributed by atoms with van der Waals surface area (Å²) in [6.45, 7) is 9.07. The number of allylic oxidation sites excluding steroid dienone is 1. The van der Waals surface area contributed by atoms with E-state index in [9.17, 15) is 9.59 Å². The fraction of sp³-hybridized carbons (Fsp3) is 0.818. The van der Waals surface area contributed by atoms with Crippen molar-refractivity contribution in [3.8, 4) is 0 Å². The van der Waals surface area contributed by atoms with E-state index in [1.807, 2.05) is 13.0 Å². The molecule has 7 atom stereocenters. The van der Waals surface area contributed by atoms with E-state index in [1.165, 1.54) is 24.8 Å². The van der Waals surface area contributed by atoms with Gasteiger partial charge in [-0.2, -0.15) is 0 Å². The SMILES string of the molecule is CC(=O)[C@H]1CC[C@H]2[C@@H]3C(C)CC4=CC(=O)CC[C@]4(C)[C@H]3CC[C@]12C. The lowest BCUT2D eigenvalue weighted by molar-refractivity contribution is -0.130. The Morgan fingerprint density at radius 1 is 1.12 bits per heavy atom. The van der Waals surface area contributed by atoms with Gasteiger partial charge < -0.3 is 0 Å². The van der Waals surface area contributed by atoms with Crippen LogP contribution in [0.4, 0.5) is 0 Å². The van der Waals surface area contributed by atoms with Gasteiger partial charge in [-0.05, 0) is 86.0 Å². The van der Waals surface area contributed by atoms with Crippen LogP contribution in [-0.2, 0) is 9.59 Å². The minimum Gasteiger partial charge on any atom is -0.300 e. The third-order valence-corrected chi connectivity index (χ3v) is 8.80. The first kappa shape index (κ1) is 16.5. The molecule has 0 bridgehead atoms. The highest BCUT2D eigenvalue weighted by Crippen LogP contribution is 2.67. The fourth-order valence-electron chi connectivity index (χ4n) is 7.57. The molecule has 0 radical (unpaired) electrons. The lowest BCUT2D eigenvalue weighted by Gasteiger charge is -2.60. The predicted molar refractivity (Wildman–Crippen MR) is 95.4 cm³/mol. The van der Waals surface area contributed by atoms with E-state index in [0.717, 1.165) is 31.6 Å². The first-order valence-corrected chi connectivity index (χ1v) is 10.0. The highest BCUT2D eigenvalue weighted by atomic mass is 16.1. The molecule has 0 saturated heterocycles. The zero-order chi connectivity index (χ0) is 17.3. The Balaban J connectivity index is 1.72. The van der Waals surface area contributed by atoms with Gasteiger partial charge in [0.25, 0.3) is 0 Å². The summed E-state index contributed by atoms with van der Waals surface area (Å²) >= 11 is 0. The molecular weight excluding hydrogens is 296 g/mol. The first-order valence-electron chi connectivity index (χ1n) is 10.0. The Morgan fingerprint density at radius 2 is 1.88 bits per heavy atom. The van der Waals surface area contributed by atoms with E-state index in [-0.39, 0.29) is 16.7 Å². The van der Waals surface area contributed by atoms with Crippen LogP contribution in [-0.4, -0.2) is 11.6 Å². The number of hydrogen-bond donors (Lipinski definition) is 0. The molecule has 2 nitrogen and oxygen atoms in total. The molecule has 1 unspecified atom stereocenters. The van der Waals surface area contributed by atoms with Gasteiger partial charge in [-0.3, -0.25) is 9.59 Å². The maximum atomic E-state index is 12.2. The van der Waals surface area contributed by atoms with Gasteiger partial charge in [0.2, 0.25) is 0 Å². The number of carbonyl (C=O) groups is 2. The van der Waals surface area contributed by atoms with E-state index in [1.54, 1.807) is 0 Å². The molecule has 0 aromatic carbocycles. The summed E-state index contributed by atoms with van der Waals surface area (Å²) in [5.41, 5.74) is 1.90. The van der Waals surface area contributed by atoms with Crippen molar-refractivity contribution in [1.29, 1.82) is 0 Å². The van der Waals surface area contributed by atoms with Crippen molar-refractivity contribution in [3.63, 3.8) is 0 Å². The highest BCUT2D eigenvalue weighted by molar-refractivity contribution is 5.91. The minimum absolute atomic E-state index is 0.226. The maximum Gasteiger partial charge on any atom is 0.155 e. The summed E-state index contributed by atoms with van der Waals surface area (Å²) in [7, 11) is 0. The van der Waals surface area contributed by atoms with Crippen LogP contribution in [0, 0.1) is 40.4 Å². The van der Waals surface area contributed by atoms with Gasteiger partial charge in [0.1, 0.15) is 5.78 Å². The number of carbonyl (C=O) groups excluding carboxylic acids is 2. The Kier molecular flexibility index (Phi) is 3.64. The van der Waals surface area contributed by atoms with Crippen molar-refractivity contribution in [2.75, 3.05) is 0 Å². The van der Waals surface area contributed by atoms with Gasteiger partial charge in [-0.25, -0.2) is 0 Å². The summed E-state index contributed by atoms with van der Waals surface area (Å²) in [6, 6.07) is 0. The average molecular weight is 328 g/mol. The number of ketones is 2. The number of hydrogen-bond acceptors (Lipinski definition) is 2. The molecule has 0 N–H and O–H groups in total. The monoisotopic (exact) mass is 328 g/mol. The lowest BCUT2D eigenvalue weighted by Crippen LogP contribution is -2.53. The molecule has 0 amide bonds. The van der Waals surface area contributed by atoms with Gasteiger partial charge >= 0.3 is 0 Å². The molecule has 0 aromatic rings. The van der Waals surface area contributed by atoms with Crippen molar-refractivity contribution < 1.29 is 9.59 Å². The quantitative estimate of drug-likeness (QED) is 0.681. The van der Waals surface area contributed by atoms with E-state index in [4.69, 9.17) is 0 Å². The van der Waals surface area contributed by atoms with Crippen molar-refractivity contribution in [2.45, 2.75) is 72.6 Å². The Labute approximate surface area is 146 Å². The fourth-order valence-corrected chi connectivity index (χ4v) is 7.57. The molecule has 132 valence electrons. The van der Waals surface area contributed by atoms with Crippen LogP contribution in [0.1, 0.15) is 72.6 Å². The molecule has 4 aliphatic rings. The van der Waals surface area contributed by atoms with Crippen LogP contribution in [0.25, 0.3) is 0 Å². The summed E-state index contributed by atoms with van der Waals surface area (Å²) in [5, 5.41) is 0. The first-order chi connectivity index (χ1) is 11.3. The summed E-state index contributed by atoms with van der Waals surface area (Å²) in [6.07, 6.45) is 9.66. The molecule has 0 aromatic heterocycles. The molecular formula is C22H32O2. The van der Waals surface area contributed by atoms with Crippen LogP contribution in [0.5, 0.6) is 0 Å². The normalized spacial score (nSPS) is 50.6. The third-order valence-electron chi connectivity index (χ3n) is 8.80. The smallest absolute Gasteiger partial charge is 0.155 e. The van der Waals surface area contributed by atoms with E-state index >= 15 is 0 Å². The topological polar surface area (TPSA) is 34.1 Å². The van der Waals surface area contributed by atoms with Crippen LogP contribution in [0.2, 0.25) is 0 Å². The lowest BCUT2D eigenvalue weighted by atomic mass is 9.44. The predicted octanol–water partition coefficient (Wildman–Crippen LogP) is 4.97. The molecule has 0 spiro atoms. The molecule has 3 saturated carbocycles. The largest absolute Gasteiger partial charge is 0.300 e. The molecule has 0 heterocycles. The van der Waals surface area contributed by atoms with Crippen LogP contribution in [0.15, 0.2) is 11.6 Å². The molecule has 4 aliphatic carbocycles. The Morgan fingerprint density at radius 3 is 2.58 bits per heavy atom. The standard InChI is InChI=1S/C22H32O2/c1-13-11-15-12-16(24)7-9-21(15,3)19-8-10-22(4)17(14(2)23)5-6-18(22)20(13)19/h12-13,17-20H,5-11H2,1-4H3/t13?,17-,18+,19+,20+,21+,22-/m1/s1. The zero-order valence-corrected chi connectivity index (χ0v) is 15.7. The molecule has 2 heteroatoms. The van der Waals surface area contributed by atoms with Crippen molar-refractivity contribution in [2.24, 2.45) is 40.4 Å². The van der Waals surface area contributed by atoms with Crippen molar-refractivity contribution in [1.82, 2.24) is 0 Å². The van der Waals surface area contributed by atoms with Crippen LogP contribution < -0.4 is 0 Å². The molecule has 0 aliphatic heterocycles. The van der Waals surface area contributed by atoms with Crippen LogP contribution in [0.3, 0.4) is 0 Å². The van der Waals surface area contributed by atoms with E-state index in [2.05, 4.69) is 20.8 Å². The maximum absolute atomic E-state index is 12.2. The Hall–Kier alpha value is -0.920. The van der Waals surface area contributed by atoms with Crippen molar-refractivity contribution >= 4 is 11.6 Å². The minimum atomic E-state index is 0.226. The second kappa shape index (κ2) is 5.29. The van der Waals surface area contributed by atoms with Crippen molar-refractivity contribution in [3.05, 3.63) is 11.6 Å². The van der Waals surface area contributed by atoms with E-state index < -0.39 is 0 Å². The second-order valence-electron chi connectivity index (χ2n) is 9.81. The van der Waals surface area contributed by atoms with E-state index in [0.29, 0.717) is 29.3 Å².